The number of urea groups is 1. The van der Waals surface area contributed by atoms with Crippen LogP contribution in [0.4, 0.5) is 10.5 Å². The third-order valence-corrected chi connectivity index (χ3v) is 7.03. The van der Waals surface area contributed by atoms with Crippen LogP contribution in [0, 0.1) is 6.92 Å². The zero-order chi connectivity index (χ0) is 22.9. The summed E-state index contributed by atoms with van der Waals surface area (Å²) in [6.45, 7) is 2.71. The van der Waals surface area contributed by atoms with E-state index < -0.39 is 0 Å². The Labute approximate surface area is 198 Å². The van der Waals surface area contributed by atoms with Gasteiger partial charge in [-0.05, 0) is 67.1 Å². The SMILES string of the molecule is COc1ccc2[nH]c3c(c2c1)CCN(C(=O)Nc1cccc(SC)c1)C3c1ccc(C)cc1. The van der Waals surface area contributed by atoms with Crippen LogP contribution in [0.1, 0.15) is 28.4 Å². The highest BCUT2D eigenvalue weighted by atomic mass is 32.2. The second kappa shape index (κ2) is 8.87. The molecule has 0 radical (unpaired) electrons. The van der Waals surface area contributed by atoms with Crippen molar-refractivity contribution < 1.29 is 9.53 Å². The largest absolute Gasteiger partial charge is 0.497 e. The number of nitrogens with zero attached hydrogens (tertiary/aromatic N) is 1. The molecule has 1 aliphatic rings. The summed E-state index contributed by atoms with van der Waals surface area (Å²) in [5.41, 5.74) is 6.48. The van der Waals surface area contributed by atoms with Crippen LogP contribution in [0.25, 0.3) is 10.9 Å². The Morgan fingerprint density at radius 1 is 1.12 bits per heavy atom. The average molecular weight is 458 g/mol. The molecule has 2 N–H and O–H groups in total. The number of fused-ring (bicyclic) bond motifs is 3. The zero-order valence-corrected chi connectivity index (χ0v) is 19.8. The topological polar surface area (TPSA) is 57.4 Å². The minimum absolute atomic E-state index is 0.0966. The lowest BCUT2D eigenvalue weighted by atomic mass is 9.92. The van der Waals surface area contributed by atoms with Crippen LogP contribution in [0.5, 0.6) is 5.75 Å². The monoisotopic (exact) mass is 457 g/mol. The molecule has 0 saturated carbocycles. The van der Waals surface area contributed by atoms with Gasteiger partial charge in [0, 0.05) is 33.7 Å². The number of anilines is 1. The van der Waals surface area contributed by atoms with Crippen molar-refractivity contribution in [3.05, 3.63) is 89.1 Å². The first-order valence-corrected chi connectivity index (χ1v) is 12.3. The fraction of sp³-hybridized carbons (Fsp3) is 0.222. The molecule has 1 unspecified atom stereocenters. The van der Waals surface area contributed by atoms with E-state index in [0.29, 0.717) is 6.54 Å². The number of ether oxygens (including phenoxy) is 1. The molecule has 6 heteroatoms. The average Bonchev–Trinajstić information content (AvgIpc) is 3.22. The number of aromatic nitrogens is 1. The van der Waals surface area contributed by atoms with Crippen molar-refractivity contribution in [2.24, 2.45) is 0 Å². The highest BCUT2D eigenvalue weighted by Gasteiger charge is 2.34. The predicted molar refractivity (Wildman–Crippen MR) is 136 cm³/mol. The second-order valence-corrected chi connectivity index (χ2v) is 9.23. The van der Waals surface area contributed by atoms with Crippen LogP contribution in [0.15, 0.2) is 71.6 Å². The molecular weight excluding hydrogens is 430 g/mol. The Morgan fingerprint density at radius 2 is 1.94 bits per heavy atom. The van der Waals surface area contributed by atoms with Gasteiger partial charge in [-0.15, -0.1) is 11.8 Å². The number of amides is 2. The number of thioether (sulfide) groups is 1. The number of methoxy groups -OCH3 is 1. The van der Waals surface area contributed by atoms with Gasteiger partial charge >= 0.3 is 6.03 Å². The van der Waals surface area contributed by atoms with Gasteiger partial charge in [0.2, 0.25) is 0 Å². The van der Waals surface area contributed by atoms with E-state index in [1.165, 1.54) is 11.1 Å². The summed E-state index contributed by atoms with van der Waals surface area (Å²) in [4.78, 5) is 20.2. The van der Waals surface area contributed by atoms with Crippen LogP contribution in [0.2, 0.25) is 0 Å². The van der Waals surface area contributed by atoms with E-state index in [1.807, 2.05) is 41.5 Å². The van der Waals surface area contributed by atoms with Gasteiger partial charge in [-0.3, -0.25) is 0 Å². The molecule has 5 nitrogen and oxygen atoms in total. The molecule has 0 fully saturated rings. The summed E-state index contributed by atoms with van der Waals surface area (Å²) in [6, 6.07) is 22.2. The van der Waals surface area contributed by atoms with E-state index in [4.69, 9.17) is 4.74 Å². The molecule has 0 aliphatic carbocycles. The fourth-order valence-electron chi connectivity index (χ4n) is 4.60. The molecule has 1 atom stereocenters. The number of aryl methyl sites for hydroxylation is 1. The van der Waals surface area contributed by atoms with Gasteiger partial charge in [0.05, 0.1) is 13.2 Å². The lowest BCUT2D eigenvalue weighted by Gasteiger charge is -2.36. The zero-order valence-electron chi connectivity index (χ0n) is 19.0. The molecule has 0 saturated heterocycles. The standard InChI is InChI=1S/C27H27N3O2S/c1-17-7-9-18(10-8-17)26-25-22(23-16-20(32-2)11-12-24(23)29-25)13-14-30(26)27(31)28-19-5-4-6-21(15-19)33-3/h4-12,15-16,26,29H,13-14H2,1-3H3,(H,28,31). The summed E-state index contributed by atoms with van der Waals surface area (Å²) >= 11 is 1.66. The third-order valence-electron chi connectivity index (χ3n) is 6.31. The molecule has 4 aromatic rings. The summed E-state index contributed by atoms with van der Waals surface area (Å²) in [5, 5.41) is 4.28. The maximum atomic E-state index is 13.5. The number of hydrogen-bond donors (Lipinski definition) is 2. The highest BCUT2D eigenvalue weighted by molar-refractivity contribution is 7.98. The van der Waals surface area contributed by atoms with Crippen LogP contribution in [-0.4, -0.2) is 35.8 Å². The number of nitrogens with one attached hydrogen (secondary N) is 2. The van der Waals surface area contributed by atoms with Crippen molar-refractivity contribution in [2.45, 2.75) is 24.3 Å². The van der Waals surface area contributed by atoms with Crippen LogP contribution >= 0.6 is 11.8 Å². The molecule has 2 amide bonds. The smallest absolute Gasteiger partial charge is 0.322 e. The van der Waals surface area contributed by atoms with Crippen molar-refractivity contribution in [2.75, 3.05) is 25.2 Å². The summed E-state index contributed by atoms with van der Waals surface area (Å²) in [7, 11) is 1.69. The molecule has 3 aromatic carbocycles. The molecule has 0 bridgehead atoms. The second-order valence-electron chi connectivity index (χ2n) is 8.35. The van der Waals surface area contributed by atoms with Crippen LogP contribution < -0.4 is 10.1 Å². The first-order valence-electron chi connectivity index (χ1n) is 11.0. The summed E-state index contributed by atoms with van der Waals surface area (Å²) < 4.78 is 5.46. The van der Waals surface area contributed by atoms with E-state index in [0.717, 1.165) is 44.9 Å². The minimum Gasteiger partial charge on any atom is -0.497 e. The molecule has 1 aromatic heterocycles. The fourth-order valence-corrected chi connectivity index (χ4v) is 5.06. The summed E-state index contributed by atoms with van der Waals surface area (Å²) in [5.74, 6) is 0.838. The number of aromatic amines is 1. The Balaban J connectivity index is 1.56. The summed E-state index contributed by atoms with van der Waals surface area (Å²) in [6.07, 6.45) is 2.81. The van der Waals surface area contributed by atoms with Crippen molar-refractivity contribution >= 4 is 34.4 Å². The van der Waals surface area contributed by atoms with E-state index in [-0.39, 0.29) is 12.1 Å². The van der Waals surface area contributed by atoms with Crippen molar-refractivity contribution in [1.82, 2.24) is 9.88 Å². The normalized spacial score (nSPS) is 15.4. The van der Waals surface area contributed by atoms with Crippen LogP contribution in [-0.2, 0) is 6.42 Å². The van der Waals surface area contributed by atoms with Gasteiger partial charge in [-0.25, -0.2) is 4.79 Å². The van der Waals surface area contributed by atoms with Gasteiger partial charge < -0.3 is 19.9 Å². The Kier molecular flexibility index (Phi) is 5.77. The molecule has 2 heterocycles. The lowest BCUT2D eigenvalue weighted by Crippen LogP contribution is -2.43. The van der Waals surface area contributed by atoms with E-state index in [2.05, 4.69) is 53.6 Å². The quantitative estimate of drug-likeness (QED) is 0.349. The van der Waals surface area contributed by atoms with Gasteiger partial charge in [0.25, 0.3) is 0 Å². The first-order chi connectivity index (χ1) is 16.1. The van der Waals surface area contributed by atoms with Crippen molar-refractivity contribution in [3.63, 3.8) is 0 Å². The number of rotatable bonds is 4. The minimum atomic E-state index is -0.198. The molecule has 33 heavy (non-hydrogen) atoms. The van der Waals surface area contributed by atoms with E-state index in [1.54, 1.807) is 18.9 Å². The molecule has 5 rings (SSSR count). The number of H-pyrrole nitrogens is 1. The Bertz CT molecular complexity index is 1310. The molecular formula is C27H27N3O2S. The maximum Gasteiger partial charge on any atom is 0.322 e. The molecule has 0 spiro atoms. The first kappa shape index (κ1) is 21.5. The Morgan fingerprint density at radius 3 is 2.70 bits per heavy atom. The number of benzene rings is 3. The van der Waals surface area contributed by atoms with Gasteiger partial charge in [0.1, 0.15) is 5.75 Å². The van der Waals surface area contributed by atoms with E-state index in [9.17, 15) is 4.79 Å². The maximum absolute atomic E-state index is 13.5. The predicted octanol–water partition coefficient (Wildman–Crippen LogP) is 6.39. The van der Waals surface area contributed by atoms with Crippen molar-refractivity contribution in [3.8, 4) is 5.75 Å². The number of carbonyl (C=O) groups excluding carboxylic acids is 1. The van der Waals surface area contributed by atoms with E-state index >= 15 is 0 Å². The number of hydrogen-bond acceptors (Lipinski definition) is 3. The third kappa shape index (κ3) is 4.07. The van der Waals surface area contributed by atoms with Gasteiger partial charge in [-0.2, -0.15) is 0 Å². The van der Waals surface area contributed by atoms with Gasteiger partial charge in [-0.1, -0.05) is 35.9 Å². The van der Waals surface area contributed by atoms with Gasteiger partial charge in [0.15, 0.2) is 0 Å². The Hall–Kier alpha value is -3.38. The highest BCUT2D eigenvalue weighted by Crippen LogP contribution is 2.39. The number of carbonyl (C=O) groups is 1. The lowest BCUT2D eigenvalue weighted by molar-refractivity contribution is 0.193. The molecule has 168 valence electrons. The van der Waals surface area contributed by atoms with Crippen molar-refractivity contribution in [1.29, 1.82) is 0 Å². The molecule has 1 aliphatic heterocycles. The van der Waals surface area contributed by atoms with Crippen LogP contribution in [0.3, 0.4) is 0 Å².